The van der Waals surface area contributed by atoms with Crippen molar-refractivity contribution >= 4 is 11.4 Å². The van der Waals surface area contributed by atoms with Crippen molar-refractivity contribution in [1.82, 2.24) is 4.98 Å². The zero-order chi connectivity index (χ0) is 29.6. The Morgan fingerprint density at radius 2 is 1.29 bits per heavy atom. The minimum absolute atomic E-state index is 0.0296. The highest BCUT2D eigenvalue weighted by atomic mass is 14.9. The van der Waals surface area contributed by atoms with Gasteiger partial charge in [-0.3, -0.25) is 4.98 Å². The van der Waals surface area contributed by atoms with E-state index in [4.69, 9.17) is 4.98 Å². The van der Waals surface area contributed by atoms with Crippen molar-refractivity contribution in [3.63, 3.8) is 0 Å². The lowest BCUT2D eigenvalue weighted by molar-refractivity contribution is 0.831. The molecule has 3 nitrogen and oxygen atoms in total. The predicted molar refractivity (Wildman–Crippen MR) is 179 cm³/mol. The second-order valence-corrected chi connectivity index (χ2v) is 11.9. The zero-order valence-corrected chi connectivity index (χ0v) is 25.8. The van der Waals surface area contributed by atoms with E-state index in [9.17, 15) is 0 Å². The van der Waals surface area contributed by atoms with Crippen LogP contribution < -0.4 is 10.6 Å². The van der Waals surface area contributed by atoms with Gasteiger partial charge in [-0.15, -0.1) is 0 Å². The number of para-hydroxylation sites is 1. The summed E-state index contributed by atoms with van der Waals surface area (Å²) in [5.41, 5.74) is 13.1. The number of pyridine rings is 1. The van der Waals surface area contributed by atoms with E-state index >= 15 is 0 Å². The number of benzene rings is 4. The molecule has 4 aromatic carbocycles. The van der Waals surface area contributed by atoms with Crippen molar-refractivity contribution in [2.45, 2.75) is 66.0 Å². The Bertz CT molecular complexity index is 1610. The fourth-order valence-corrected chi connectivity index (χ4v) is 5.68. The molecule has 0 spiro atoms. The van der Waals surface area contributed by atoms with Crippen LogP contribution in [0.25, 0.3) is 11.3 Å². The van der Waals surface area contributed by atoms with Crippen LogP contribution in [-0.4, -0.2) is 4.98 Å². The van der Waals surface area contributed by atoms with Crippen LogP contribution in [0.3, 0.4) is 0 Å². The molecule has 0 aliphatic heterocycles. The molecule has 1 atom stereocenters. The maximum Gasteiger partial charge on any atom is 0.0774 e. The van der Waals surface area contributed by atoms with E-state index in [1.54, 1.807) is 0 Å². The average molecular weight is 554 g/mol. The maximum atomic E-state index is 5.19. The third-order valence-electron chi connectivity index (χ3n) is 8.00. The average Bonchev–Trinajstić information content (AvgIpc) is 3.00. The standard InChI is InChI=1S/C39H43N3/c1-26(2)32-19-13-20-33(27(3)4)39(32)40-25-31-16-12-21-36(41-31)34-17-10-11-18-35(34)38(30-14-8-7-9-15-30)42-37-24-28(5)22-23-29(37)6/h7-24,26-27,38,40,42H,25H2,1-6H3. The Balaban J connectivity index is 1.51. The highest BCUT2D eigenvalue weighted by Gasteiger charge is 2.20. The number of nitrogens with one attached hydrogen (secondary N) is 2. The van der Waals surface area contributed by atoms with Crippen LogP contribution in [0.5, 0.6) is 0 Å². The first-order valence-electron chi connectivity index (χ1n) is 15.1. The third-order valence-corrected chi connectivity index (χ3v) is 8.00. The van der Waals surface area contributed by atoms with Gasteiger partial charge >= 0.3 is 0 Å². The normalized spacial score (nSPS) is 12.0. The summed E-state index contributed by atoms with van der Waals surface area (Å²) in [7, 11) is 0. The number of aryl methyl sites for hydroxylation is 2. The second-order valence-electron chi connectivity index (χ2n) is 11.9. The molecule has 0 amide bonds. The highest BCUT2D eigenvalue weighted by Crippen LogP contribution is 2.36. The Kier molecular flexibility index (Phi) is 9.07. The monoisotopic (exact) mass is 553 g/mol. The van der Waals surface area contributed by atoms with E-state index in [0.717, 1.165) is 22.6 Å². The van der Waals surface area contributed by atoms with Gasteiger partial charge in [0.25, 0.3) is 0 Å². The van der Waals surface area contributed by atoms with E-state index in [1.807, 2.05) is 0 Å². The van der Waals surface area contributed by atoms with Gasteiger partial charge in [0.1, 0.15) is 0 Å². The van der Waals surface area contributed by atoms with Gasteiger partial charge in [0.05, 0.1) is 24.0 Å². The summed E-state index contributed by atoms with van der Waals surface area (Å²) in [6, 6.07) is 39.0. The first kappa shape index (κ1) is 29.1. The third kappa shape index (κ3) is 6.57. The van der Waals surface area contributed by atoms with Crippen LogP contribution in [-0.2, 0) is 6.54 Å². The molecular formula is C39H43N3. The summed E-state index contributed by atoms with van der Waals surface area (Å²) in [6.45, 7) is 14.0. The summed E-state index contributed by atoms with van der Waals surface area (Å²) < 4.78 is 0. The molecule has 0 saturated heterocycles. The van der Waals surface area contributed by atoms with Crippen molar-refractivity contribution in [3.8, 4) is 11.3 Å². The number of nitrogens with zero attached hydrogens (tertiary/aromatic N) is 1. The molecular weight excluding hydrogens is 510 g/mol. The number of hydrogen-bond acceptors (Lipinski definition) is 3. The molecule has 0 fully saturated rings. The molecule has 5 rings (SSSR count). The summed E-state index contributed by atoms with van der Waals surface area (Å²) in [6.07, 6.45) is 0. The van der Waals surface area contributed by atoms with E-state index in [0.29, 0.717) is 18.4 Å². The van der Waals surface area contributed by atoms with Crippen molar-refractivity contribution in [2.24, 2.45) is 0 Å². The van der Waals surface area contributed by atoms with Crippen LogP contribution in [0.2, 0.25) is 0 Å². The van der Waals surface area contributed by atoms with Gasteiger partial charge in [-0.1, -0.05) is 119 Å². The van der Waals surface area contributed by atoms with E-state index in [-0.39, 0.29) is 6.04 Å². The van der Waals surface area contributed by atoms with Gasteiger partial charge in [-0.05, 0) is 77.3 Å². The number of hydrogen-bond donors (Lipinski definition) is 2. The first-order chi connectivity index (χ1) is 20.3. The zero-order valence-electron chi connectivity index (χ0n) is 25.8. The molecule has 1 unspecified atom stereocenters. The Hall–Kier alpha value is -4.37. The van der Waals surface area contributed by atoms with Crippen LogP contribution in [0.15, 0.2) is 109 Å². The fourth-order valence-electron chi connectivity index (χ4n) is 5.68. The van der Waals surface area contributed by atoms with E-state index < -0.39 is 0 Å². The van der Waals surface area contributed by atoms with Gasteiger partial charge in [-0.2, -0.15) is 0 Å². The van der Waals surface area contributed by atoms with Crippen molar-refractivity contribution in [2.75, 3.05) is 10.6 Å². The topological polar surface area (TPSA) is 37.0 Å². The Morgan fingerprint density at radius 3 is 2.00 bits per heavy atom. The molecule has 5 aromatic rings. The molecule has 1 aromatic heterocycles. The van der Waals surface area contributed by atoms with Gasteiger partial charge in [0, 0.05) is 16.9 Å². The molecule has 214 valence electrons. The molecule has 0 bridgehead atoms. The SMILES string of the molecule is Cc1ccc(C)c(NC(c2ccccc2)c2ccccc2-c2cccc(CNc3c(C(C)C)cccc3C(C)C)n2)c1. The summed E-state index contributed by atoms with van der Waals surface area (Å²) in [4.78, 5) is 5.19. The summed E-state index contributed by atoms with van der Waals surface area (Å²) >= 11 is 0. The molecule has 2 N–H and O–H groups in total. The molecule has 0 aliphatic rings. The van der Waals surface area contributed by atoms with Crippen LogP contribution >= 0.6 is 0 Å². The Morgan fingerprint density at radius 1 is 0.643 bits per heavy atom. The van der Waals surface area contributed by atoms with Crippen LogP contribution in [0.1, 0.15) is 84.6 Å². The highest BCUT2D eigenvalue weighted by molar-refractivity contribution is 5.68. The minimum Gasteiger partial charge on any atom is -0.379 e. The van der Waals surface area contributed by atoms with Crippen LogP contribution in [0.4, 0.5) is 11.4 Å². The molecule has 0 saturated carbocycles. The van der Waals surface area contributed by atoms with Gasteiger partial charge < -0.3 is 10.6 Å². The van der Waals surface area contributed by atoms with Gasteiger partial charge in [0.2, 0.25) is 0 Å². The molecule has 0 aliphatic carbocycles. The second kappa shape index (κ2) is 13.1. The summed E-state index contributed by atoms with van der Waals surface area (Å²) in [5, 5.41) is 7.66. The number of rotatable bonds is 10. The van der Waals surface area contributed by atoms with Gasteiger partial charge in [0.15, 0.2) is 0 Å². The molecule has 0 radical (unpaired) electrons. The lowest BCUT2D eigenvalue weighted by Gasteiger charge is -2.25. The predicted octanol–water partition coefficient (Wildman–Crippen LogP) is 10.4. The number of anilines is 2. The Labute approximate surface area is 252 Å². The first-order valence-corrected chi connectivity index (χ1v) is 15.1. The summed E-state index contributed by atoms with van der Waals surface area (Å²) in [5.74, 6) is 0.883. The van der Waals surface area contributed by atoms with Crippen molar-refractivity contribution in [1.29, 1.82) is 0 Å². The van der Waals surface area contributed by atoms with Gasteiger partial charge in [-0.25, -0.2) is 0 Å². The minimum atomic E-state index is -0.0296. The smallest absolute Gasteiger partial charge is 0.0774 e. The maximum absolute atomic E-state index is 5.19. The largest absolute Gasteiger partial charge is 0.379 e. The lowest BCUT2D eigenvalue weighted by atomic mass is 9.92. The molecule has 3 heteroatoms. The fraction of sp³-hybridized carbons (Fsp3) is 0.256. The molecule has 1 heterocycles. The van der Waals surface area contributed by atoms with Crippen LogP contribution in [0, 0.1) is 13.8 Å². The van der Waals surface area contributed by atoms with Crippen molar-refractivity contribution in [3.05, 3.63) is 148 Å². The van der Waals surface area contributed by atoms with Crippen molar-refractivity contribution < 1.29 is 0 Å². The lowest BCUT2D eigenvalue weighted by Crippen LogP contribution is -2.15. The van der Waals surface area contributed by atoms with E-state index in [1.165, 1.54) is 39.1 Å². The number of aromatic nitrogens is 1. The van der Waals surface area contributed by atoms with E-state index in [2.05, 4.69) is 161 Å². The molecule has 42 heavy (non-hydrogen) atoms. The quantitative estimate of drug-likeness (QED) is 0.181.